The van der Waals surface area contributed by atoms with E-state index in [0.717, 1.165) is 5.52 Å². The summed E-state index contributed by atoms with van der Waals surface area (Å²) in [6.45, 7) is 0. The lowest BCUT2D eigenvalue weighted by molar-refractivity contribution is 0.0998. The first kappa shape index (κ1) is 7.67. The van der Waals surface area contributed by atoms with Crippen LogP contribution in [0.4, 0.5) is 0 Å². The third-order valence-electron chi connectivity index (χ3n) is 1.97. The summed E-state index contributed by atoms with van der Waals surface area (Å²) >= 11 is 0. The van der Waals surface area contributed by atoms with Crippen molar-refractivity contribution in [2.24, 2.45) is 5.73 Å². The molecule has 0 saturated heterocycles. The molecule has 4 heteroatoms. The number of phenols is 1. The Morgan fingerprint density at radius 3 is 2.85 bits per heavy atom. The van der Waals surface area contributed by atoms with Gasteiger partial charge in [0.15, 0.2) is 0 Å². The first-order chi connectivity index (χ1) is 6.20. The third-order valence-corrected chi connectivity index (χ3v) is 1.97. The van der Waals surface area contributed by atoms with Crippen LogP contribution in [0.15, 0.2) is 24.4 Å². The molecule has 4 nitrogen and oxygen atoms in total. The molecule has 0 atom stereocenters. The van der Waals surface area contributed by atoms with Gasteiger partial charge in [-0.1, -0.05) is 0 Å². The van der Waals surface area contributed by atoms with E-state index < -0.39 is 5.91 Å². The summed E-state index contributed by atoms with van der Waals surface area (Å²) in [7, 11) is 0. The van der Waals surface area contributed by atoms with Crippen LogP contribution in [0.25, 0.3) is 10.9 Å². The highest BCUT2D eigenvalue weighted by atomic mass is 16.3. The molecule has 0 unspecified atom stereocenters. The molecule has 0 spiro atoms. The molecular weight excluding hydrogens is 168 g/mol. The topological polar surface area (TPSA) is 79.1 Å². The van der Waals surface area contributed by atoms with Crippen LogP contribution in [0.1, 0.15) is 10.4 Å². The molecule has 66 valence electrons. The Kier molecular flexibility index (Phi) is 1.48. The fourth-order valence-electron chi connectivity index (χ4n) is 1.32. The van der Waals surface area contributed by atoms with Gasteiger partial charge in [-0.2, -0.15) is 0 Å². The van der Waals surface area contributed by atoms with Gasteiger partial charge in [-0.3, -0.25) is 4.79 Å². The molecule has 0 aliphatic carbocycles. The van der Waals surface area contributed by atoms with E-state index in [0.29, 0.717) is 5.39 Å². The zero-order valence-corrected chi connectivity index (χ0v) is 6.74. The number of hydrogen-bond acceptors (Lipinski definition) is 2. The molecule has 13 heavy (non-hydrogen) atoms. The first-order valence-electron chi connectivity index (χ1n) is 3.79. The maximum Gasteiger partial charge on any atom is 0.252 e. The van der Waals surface area contributed by atoms with Gasteiger partial charge in [0.2, 0.25) is 0 Å². The van der Waals surface area contributed by atoms with Crippen molar-refractivity contribution in [1.82, 2.24) is 4.98 Å². The number of H-pyrrole nitrogens is 1. The van der Waals surface area contributed by atoms with Gasteiger partial charge in [-0.15, -0.1) is 0 Å². The Bertz CT molecular complexity index is 473. The summed E-state index contributed by atoms with van der Waals surface area (Å²) in [5.41, 5.74) is 5.99. The van der Waals surface area contributed by atoms with Gasteiger partial charge in [0.1, 0.15) is 5.75 Å². The van der Waals surface area contributed by atoms with Gasteiger partial charge in [-0.05, 0) is 18.2 Å². The highest BCUT2D eigenvalue weighted by molar-refractivity contribution is 6.02. The van der Waals surface area contributed by atoms with Crippen molar-refractivity contribution in [1.29, 1.82) is 0 Å². The molecule has 2 aromatic rings. The summed E-state index contributed by atoms with van der Waals surface area (Å²) < 4.78 is 0. The summed E-state index contributed by atoms with van der Waals surface area (Å²) in [4.78, 5) is 13.8. The molecule has 0 radical (unpaired) electrons. The number of carbonyl (C=O) groups is 1. The number of fused-ring (bicyclic) bond motifs is 1. The van der Waals surface area contributed by atoms with Gasteiger partial charge < -0.3 is 15.8 Å². The minimum absolute atomic E-state index is 0.0637. The van der Waals surface area contributed by atoms with Crippen LogP contribution in [0.3, 0.4) is 0 Å². The molecule has 1 heterocycles. The van der Waals surface area contributed by atoms with Crippen LogP contribution < -0.4 is 5.73 Å². The quantitative estimate of drug-likeness (QED) is 0.605. The largest absolute Gasteiger partial charge is 0.506 e. The summed E-state index contributed by atoms with van der Waals surface area (Å²) in [6.07, 6.45) is 1.69. The fraction of sp³-hybridized carbons (Fsp3) is 0. The second-order valence-electron chi connectivity index (χ2n) is 2.76. The van der Waals surface area contributed by atoms with E-state index >= 15 is 0 Å². The van der Waals surface area contributed by atoms with Crippen LogP contribution in [0.5, 0.6) is 5.75 Å². The molecule has 0 bridgehead atoms. The summed E-state index contributed by atoms with van der Waals surface area (Å²) in [6, 6.07) is 4.89. The van der Waals surface area contributed by atoms with Crippen molar-refractivity contribution in [3.63, 3.8) is 0 Å². The van der Waals surface area contributed by atoms with Gasteiger partial charge in [0.05, 0.1) is 5.56 Å². The molecule has 1 aromatic carbocycles. The Morgan fingerprint density at radius 1 is 1.38 bits per heavy atom. The molecule has 4 N–H and O–H groups in total. The zero-order valence-electron chi connectivity index (χ0n) is 6.74. The van der Waals surface area contributed by atoms with Crippen molar-refractivity contribution in [3.8, 4) is 5.75 Å². The van der Waals surface area contributed by atoms with Gasteiger partial charge in [-0.25, -0.2) is 0 Å². The molecule has 0 aliphatic rings. The normalized spacial score (nSPS) is 10.5. The summed E-state index contributed by atoms with van der Waals surface area (Å²) in [5, 5.41) is 10.2. The van der Waals surface area contributed by atoms with Crippen molar-refractivity contribution in [2.75, 3.05) is 0 Å². The fourth-order valence-corrected chi connectivity index (χ4v) is 1.32. The number of nitrogens with one attached hydrogen (secondary N) is 1. The molecule has 1 aromatic heterocycles. The minimum Gasteiger partial charge on any atom is -0.506 e. The van der Waals surface area contributed by atoms with E-state index in [4.69, 9.17) is 5.73 Å². The highest BCUT2D eigenvalue weighted by Gasteiger charge is 2.10. The average Bonchev–Trinajstić information content (AvgIpc) is 2.52. The van der Waals surface area contributed by atoms with Crippen molar-refractivity contribution >= 4 is 16.8 Å². The van der Waals surface area contributed by atoms with E-state index in [-0.39, 0.29) is 11.3 Å². The van der Waals surface area contributed by atoms with Gasteiger partial charge in [0, 0.05) is 17.1 Å². The lowest BCUT2D eigenvalue weighted by Crippen LogP contribution is -2.10. The Balaban J connectivity index is 2.80. The number of rotatable bonds is 1. The van der Waals surface area contributed by atoms with E-state index in [9.17, 15) is 9.90 Å². The van der Waals surface area contributed by atoms with Crippen molar-refractivity contribution in [2.45, 2.75) is 0 Å². The number of aromatic amines is 1. The second-order valence-corrected chi connectivity index (χ2v) is 2.76. The van der Waals surface area contributed by atoms with Crippen molar-refractivity contribution in [3.05, 3.63) is 30.0 Å². The predicted octanol–water partition coefficient (Wildman–Crippen LogP) is 0.972. The lowest BCUT2D eigenvalue weighted by atomic mass is 10.1. The molecule has 0 aliphatic heterocycles. The monoisotopic (exact) mass is 176 g/mol. The van der Waals surface area contributed by atoms with Gasteiger partial charge in [0.25, 0.3) is 5.91 Å². The third kappa shape index (κ3) is 1.03. The smallest absolute Gasteiger partial charge is 0.252 e. The number of aromatic nitrogens is 1. The molecular formula is C9H8N2O2. The van der Waals surface area contributed by atoms with Crippen LogP contribution in [-0.4, -0.2) is 16.0 Å². The van der Waals surface area contributed by atoms with E-state index in [1.807, 2.05) is 0 Å². The second kappa shape index (κ2) is 2.52. The molecule has 1 amide bonds. The highest BCUT2D eigenvalue weighted by Crippen LogP contribution is 2.27. The number of hydrogen-bond donors (Lipinski definition) is 3. The number of aromatic hydroxyl groups is 1. The molecule has 2 rings (SSSR count). The van der Waals surface area contributed by atoms with E-state index in [1.54, 1.807) is 18.3 Å². The Hall–Kier alpha value is -1.97. The zero-order chi connectivity index (χ0) is 9.42. The van der Waals surface area contributed by atoms with Crippen LogP contribution in [0.2, 0.25) is 0 Å². The standard InChI is InChI=1S/C9H8N2O2/c10-9(13)6-1-2-7-5(8(6)12)3-4-11-7/h1-4,11-12H,(H2,10,13). The lowest BCUT2D eigenvalue weighted by Gasteiger charge is -2.00. The average molecular weight is 176 g/mol. The minimum atomic E-state index is -0.624. The van der Waals surface area contributed by atoms with E-state index in [2.05, 4.69) is 4.98 Å². The molecule has 0 saturated carbocycles. The van der Waals surface area contributed by atoms with Gasteiger partial charge >= 0.3 is 0 Å². The van der Waals surface area contributed by atoms with E-state index in [1.165, 1.54) is 6.07 Å². The first-order valence-corrected chi connectivity index (χ1v) is 3.79. The molecule has 0 fully saturated rings. The van der Waals surface area contributed by atoms with Crippen LogP contribution in [-0.2, 0) is 0 Å². The number of carbonyl (C=O) groups excluding carboxylic acids is 1. The SMILES string of the molecule is NC(=O)c1ccc2[nH]ccc2c1O. The maximum atomic E-state index is 10.8. The van der Waals surface area contributed by atoms with Crippen molar-refractivity contribution < 1.29 is 9.90 Å². The van der Waals surface area contributed by atoms with Crippen LogP contribution >= 0.6 is 0 Å². The Labute approximate surface area is 74.0 Å². The number of nitrogens with two attached hydrogens (primary N) is 1. The summed E-state index contributed by atoms with van der Waals surface area (Å²) in [5.74, 6) is -0.688. The predicted molar refractivity (Wildman–Crippen MR) is 48.5 cm³/mol. The number of benzene rings is 1. The maximum absolute atomic E-state index is 10.8. The Morgan fingerprint density at radius 2 is 2.15 bits per heavy atom. The number of amides is 1. The van der Waals surface area contributed by atoms with Crippen LogP contribution in [0, 0.1) is 0 Å². The number of primary amides is 1.